The first-order valence-electron chi connectivity index (χ1n) is 7.43. The molecule has 2 rings (SSSR count). The highest BCUT2D eigenvalue weighted by molar-refractivity contribution is 9.10. The summed E-state index contributed by atoms with van der Waals surface area (Å²) in [6.45, 7) is 3.63. The number of hydrogen-bond acceptors (Lipinski definition) is 4. The van der Waals surface area contributed by atoms with E-state index in [0.29, 0.717) is 18.6 Å². The van der Waals surface area contributed by atoms with Gasteiger partial charge in [0.15, 0.2) is 0 Å². The monoisotopic (exact) mass is 355 g/mol. The van der Waals surface area contributed by atoms with Crippen molar-refractivity contribution in [2.45, 2.75) is 51.2 Å². The van der Waals surface area contributed by atoms with Crippen LogP contribution in [0.4, 0.5) is 5.69 Å². The quantitative estimate of drug-likeness (QED) is 0.648. The minimum atomic E-state index is -0.301. The molecule has 1 aromatic carbocycles. The summed E-state index contributed by atoms with van der Waals surface area (Å²) in [5, 5.41) is 11.2. The maximum Gasteiger partial charge on any atom is 0.275 e. The summed E-state index contributed by atoms with van der Waals surface area (Å²) < 4.78 is 0.740. The second-order valence-corrected chi connectivity index (χ2v) is 6.58. The van der Waals surface area contributed by atoms with Crippen molar-refractivity contribution in [3.05, 3.63) is 38.3 Å². The molecule has 0 atom stereocenters. The van der Waals surface area contributed by atoms with Crippen molar-refractivity contribution >= 4 is 21.6 Å². The zero-order valence-corrected chi connectivity index (χ0v) is 13.9. The van der Waals surface area contributed by atoms with Crippen LogP contribution in [-0.4, -0.2) is 28.5 Å². The van der Waals surface area contributed by atoms with E-state index in [1.54, 1.807) is 6.07 Å². The van der Waals surface area contributed by atoms with Crippen molar-refractivity contribution in [1.29, 1.82) is 0 Å². The number of rotatable bonds is 5. The molecule has 2 N–H and O–H groups in total. The third kappa shape index (κ3) is 4.25. The Kier molecular flexibility index (Phi) is 5.72. The van der Waals surface area contributed by atoms with E-state index >= 15 is 0 Å². The van der Waals surface area contributed by atoms with E-state index in [2.05, 4.69) is 27.8 Å². The van der Waals surface area contributed by atoms with Crippen LogP contribution in [0.2, 0.25) is 0 Å². The lowest BCUT2D eigenvalue weighted by atomic mass is 9.90. The first-order valence-corrected chi connectivity index (χ1v) is 8.23. The Hall–Kier alpha value is -0.980. The Morgan fingerprint density at radius 3 is 2.62 bits per heavy atom. The third-order valence-electron chi connectivity index (χ3n) is 4.28. The molecule has 5 nitrogen and oxygen atoms in total. The van der Waals surface area contributed by atoms with Crippen molar-refractivity contribution in [3.63, 3.8) is 0 Å². The smallest absolute Gasteiger partial charge is 0.275 e. The van der Waals surface area contributed by atoms with Gasteiger partial charge in [0.2, 0.25) is 0 Å². The summed E-state index contributed by atoms with van der Waals surface area (Å²) in [5.41, 5.74) is 6.93. The van der Waals surface area contributed by atoms with Crippen LogP contribution in [0.3, 0.4) is 0 Å². The Morgan fingerprint density at radius 2 is 2.05 bits per heavy atom. The third-order valence-corrected chi connectivity index (χ3v) is 4.77. The first-order chi connectivity index (χ1) is 10.0. The molecule has 0 saturated heterocycles. The number of benzene rings is 1. The van der Waals surface area contributed by atoms with Crippen LogP contribution in [0.25, 0.3) is 0 Å². The summed E-state index contributed by atoms with van der Waals surface area (Å²) >= 11 is 3.30. The van der Waals surface area contributed by atoms with Gasteiger partial charge in [-0.2, -0.15) is 0 Å². The highest BCUT2D eigenvalue weighted by Crippen LogP contribution is 2.28. The molecule has 116 valence electrons. The topological polar surface area (TPSA) is 72.4 Å². The molecule has 1 aliphatic carbocycles. The van der Waals surface area contributed by atoms with E-state index in [-0.39, 0.29) is 10.6 Å². The first kappa shape index (κ1) is 16.4. The number of nitro groups is 1. The van der Waals surface area contributed by atoms with Crippen LogP contribution < -0.4 is 5.73 Å². The van der Waals surface area contributed by atoms with Crippen LogP contribution in [0, 0.1) is 10.1 Å². The van der Waals surface area contributed by atoms with E-state index in [0.717, 1.165) is 42.3 Å². The molecule has 0 unspecified atom stereocenters. The SMILES string of the molecule is CCN(Cc1ccc(Br)cc1[N+](=O)[O-])C1CCC(N)CC1. The molecule has 21 heavy (non-hydrogen) atoms. The highest BCUT2D eigenvalue weighted by Gasteiger charge is 2.25. The standard InChI is InChI=1S/C15H22BrN3O2/c1-2-18(14-7-5-13(17)6-8-14)10-11-3-4-12(16)9-15(11)19(20)21/h3-4,9,13-14H,2,5-8,10,17H2,1H3. The lowest BCUT2D eigenvalue weighted by Gasteiger charge is -2.35. The Bertz CT molecular complexity index is 502. The summed E-state index contributed by atoms with van der Waals surface area (Å²) in [7, 11) is 0. The number of halogens is 1. The summed E-state index contributed by atoms with van der Waals surface area (Å²) in [6, 6.07) is 6.10. The minimum absolute atomic E-state index is 0.190. The van der Waals surface area contributed by atoms with Gasteiger partial charge < -0.3 is 5.73 Å². The molecule has 0 aliphatic heterocycles. The van der Waals surface area contributed by atoms with Gasteiger partial charge in [-0.15, -0.1) is 0 Å². The average molecular weight is 356 g/mol. The van der Waals surface area contributed by atoms with Gasteiger partial charge in [-0.3, -0.25) is 15.0 Å². The van der Waals surface area contributed by atoms with Crippen LogP contribution in [0.1, 0.15) is 38.2 Å². The zero-order chi connectivity index (χ0) is 15.4. The lowest BCUT2D eigenvalue weighted by Crippen LogP contribution is -2.40. The number of nitrogens with zero attached hydrogens (tertiary/aromatic N) is 2. The van der Waals surface area contributed by atoms with Crippen molar-refractivity contribution in [3.8, 4) is 0 Å². The molecule has 0 spiro atoms. The fourth-order valence-corrected chi connectivity index (χ4v) is 3.37. The number of hydrogen-bond donors (Lipinski definition) is 1. The molecular weight excluding hydrogens is 334 g/mol. The van der Waals surface area contributed by atoms with E-state index < -0.39 is 0 Å². The predicted molar refractivity (Wildman–Crippen MR) is 87.1 cm³/mol. The van der Waals surface area contributed by atoms with E-state index in [1.807, 2.05) is 12.1 Å². The second-order valence-electron chi connectivity index (χ2n) is 5.66. The van der Waals surface area contributed by atoms with Crippen molar-refractivity contribution < 1.29 is 4.92 Å². The van der Waals surface area contributed by atoms with Gasteiger partial charge in [0.1, 0.15) is 0 Å². The maximum atomic E-state index is 11.2. The molecule has 0 radical (unpaired) electrons. The van der Waals surface area contributed by atoms with Crippen LogP contribution in [0.15, 0.2) is 22.7 Å². The molecule has 0 bridgehead atoms. The second kappa shape index (κ2) is 7.33. The number of nitrogens with two attached hydrogens (primary N) is 1. The average Bonchev–Trinajstić information content (AvgIpc) is 2.47. The summed E-state index contributed by atoms with van der Waals surface area (Å²) in [5.74, 6) is 0. The van der Waals surface area contributed by atoms with E-state index in [9.17, 15) is 10.1 Å². The molecule has 0 heterocycles. The van der Waals surface area contributed by atoms with Gasteiger partial charge in [0, 0.05) is 34.7 Å². The van der Waals surface area contributed by atoms with Crippen LogP contribution in [0.5, 0.6) is 0 Å². The molecule has 1 fully saturated rings. The number of nitro benzene ring substituents is 1. The predicted octanol–water partition coefficient (Wildman–Crippen LogP) is 3.45. The summed E-state index contributed by atoms with van der Waals surface area (Å²) in [6.07, 6.45) is 4.26. The van der Waals surface area contributed by atoms with Gasteiger partial charge in [0.25, 0.3) is 5.69 Å². The maximum absolute atomic E-state index is 11.2. The normalized spacial score (nSPS) is 22.5. The molecule has 1 aliphatic rings. The lowest BCUT2D eigenvalue weighted by molar-refractivity contribution is -0.385. The van der Waals surface area contributed by atoms with Crippen LogP contribution in [-0.2, 0) is 6.54 Å². The molecule has 6 heteroatoms. The fraction of sp³-hybridized carbons (Fsp3) is 0.600. The molecule has 1 saturated carbocycles. The fourth-order valence-electron chi connectivity index (χ4n) is 3.03. The van der Waals surface area contributed by atoms with Crippen molar-refractivity contribution in [1.82, 2.24) is 4.90 Å². The Labute approximate surface area is 133 Å². The molecule has 1 aromatic rings. The highest BCUT2D eigenvalue weighted by atomic mass is 79.9. The summed E-state index contributed by atoms with van der Waals surface area (Å²) in [4.78, 5) is 13.2. The van der Waals surface area contributed by atoms with Gasteiger partial charge in [-0.05, 0) is 44.4 Å². The van der Waals surface area contributed by atoms with Crippen LogP contribution >= 0.6 is 15.9 Å². The Balaban J connectivity index is 2.13. The zero-order valence-electron chi connectivity index (χ0n) is 12.3. The van der Waals surface area contributed by atoms with Gasteiger partial charge in [-0.1, -0.05) is 22.9 Å². The molecule has 0 aromatic heterocycles. The van der Waals surface area contributed by atoms with Gasteiger partial charge in [-0.25, -0.2) is 0 Å². The largest absolute Gasteiger partial charge is 0.328 e. The van der Waals surface area contributed by atoms with E-state index in [1.165, 1.54) is 0 Å². The van der Waals surface area contributed by atoms with Gasteiger partial charge >= 0.3 is 0 Å². The molecule has 0 amide bonds. The van der Waals surface area contributed by atoms with Gasteiger partial charge in [0.05, 0.1) is 4.92 Å². The minimum Gasteiger partial charge on any atom is -0.328 e. The van der Waals surface area contributed by atoms with Crippen molar-refractivity contribution in [2.24, 2.45) is 5.73 Å². The van der Waals surface area contributed by atoms with Crippen molar-refractivity contribution in [2.75, 3.05) is 6.54 Å². The Morgan fingerprint density at radius 1 is 1.38 bits per heavy atom. The molecular formula is C15H22BrN3O2. The van der Waals surface area contributed by atoms with E-state index in [4.69, 9.17) is 5.73 Å².